The van der Waals surface area contributed by atoms with Crippen LogP contribution in [0.2, 0.25) is 0 Å². The fourth-order valence-electron chi connectivity index (χ4n) is 9.97. The van der Waals surface area contributed by atoms with E-state index in [1.165, 1.54) is 53.7 Å². The van der Waals surface area contributed by atoms with Crippen molar-refractivity contribution in [1.82, 2.24) is 34.4 Å². The van der Waals surface area contributed by atoms with E-state index in [0.29, 0.717) is 17.4 Å². The molecule has 0 N–H and O–H groups in total. The maximum Gasteiger partial charge on any atom is 0.224 e. The van der Waals surface area contributed by atoms with Crippen LogP contribution in [-0.2, 0) is 14.1 Å². The van der Waals surface area contributed by atoms with E-state index in [0.717, 1.165) is 105 Å². The van der Waals surface area contributed by atoms with Gasteiger partial charge in [0.15, 0.2) is 6.20 Å². The second kappa shape index (κ2) is 14.5. The Morgan fingerprint density at radius 3 is 1.60 bits per heavy atom. The zero-order chi connectivity index (χ0) is 43.4. The van der Waals surface area contributed by atoms with Gasteiger partial charge in [0, 0.05) is 77.5 Å². The molecule has 4 aromatic carbocycles. The van der Waals surface area contributed by atoms with Crippen molar-refractivity contribution in [2.75, 3.05) is 0 Å². The minimum Gasteiger partial charge on any atom is -0.618 e. The molecule has 0 saturated heterocycles. The van der Waals surface area contributed by atoms with Gasteiger partial charge in [0.2, 0.25) is 5.52 Å². The number of benzene rings is 4. The molecule has 6 aromatic heterocycles. The largest absolute Gasteiger partial charge is 0.618 e. The zero-order valence-electron chi connectivity index (χ0n) is 36.9. The van der Waals surface area contributed by atoms with E-state index in [9.17, 15) is 5.21 Å². The van der Waals surface area contributed by atoms with Gasteiger partial charge >= 0.3 is 0 Å². The summed E-state index contributed by atoms with van der Waals surface area (Å²) in [7, 11) is 4.26. The van der Waals surface area contributed by atoms with Gasteiger partial charge in [-0.3, -0.25) is 4.98 Å². The predicted octanol–water partition coefficient (Wildman–Crippen LogP) is 11.7. The monoisotopic (exact) mass is 832 g/mol. The number of imidazole rings is 2. The molecule has 11 nitrogen and oxygen atoms in total. The summed E-state index contributed by atoms with van der Waals surface area (Å²) in [6.07, 6.45) is 8.22. The summed E-state index contributed by atoms with van der Waals surface area (Å²) in [5, 5.41) is 23.0. The average Bonchev–Trinajstić information content (AvgIpc) is 4.18. The molecule has 0 amide bonds. The van der Waals surface area contributed by atoms with E-state index < -0.39 is 0 Å². The van der Waals surface area contributed by atoms with Gasteiger partial charge in [0.05, 0.1) is 44.4 Å². The first-order valence-electron chi connectivity index (χ1n) is 21.8. The Morgan fingerprint density at radius 2 is 1.10 bits per heavy atom. The second-order valence-electron chi connectivity index (χ2n) is 17.6. The lowest BCUT2D eigenvalue weighted by atomic mass is 9.91. The summed E-state index contributed by atoms with van der Waals surface area (Å²) in [5.41, 5.74) is 18.8. The molecule has 314 valence electrons. The Balaban J connectivity index is 0.000000141. The van der Waals surface area contributed by atoms with Crippen molar-refractivity contribution < 1.29 is 13.8 Å². The summed E-state index contributed by atoms with van der Waals surface area (Å²) in [6, 6.07) is 25.0. The van der Waals surface area contributed by atoms with Gasteiger partial charge in [-0.15, -0.1) is 0 Å². The third kappa shape index (κ3) is 6.31. The minimum absolute atomic E-state index is 0.528. The van der Waals surface area contributed by atoms with Crippen molar-refractivity contribution in [3.05, 3.63) is 136 Å². The molecule has 2 fully saturated rings. The van der Waals surface area contributed by atoms with Gasteiger partial charge in [-0.05, 0) is 138 Å². The van der Waals surface area contributed by atoms with Gasteiger partial charge in [-0.1, -0.05) is 28.5 Å². The molecule has 11 heteroatoms. The van der Waals surface area contributed by atoms with Crippen LogP contribution in [0.5, 0.6) is 0 Å². The average molecular weight is 833 g/mol. The summed E-state index contributed by atoms with van der Waals surface area (Å²) < 4.78 is 16.4. The minimum atomic E-state index is 0.528. The fraction of sp³-hybridized carbons (Fsp3) is 0.269. The van der Waals surface area contributed by atoms with Crippen molar-refractivity contribution in [1.29, 1.82) is 0 Å². The van der Waals surface area contributed by atoms with Crippen molar-refractivity contribution in [2.45, 2.75) is 79.1 Å². The Hall–Kier alpha value is -7.14. The molecule has 2 aliphatic rings. The van der Waals surface area contributed by atoms with E-state index in [1.54, 1.807) is 6.20 Å². The highest BCUT2D eigenvalue weighted by atomic mass is 16.5. The third-order valence-corrected chi connectivity index (χ3v) is 13.2. The number of aryl methyl sites for hydroxylation is 8. The van der Waals surface area contributed by atoms with Crippen LogP contribution in [0.15, 0.2) is 94.2 Å². The Bertz CT molecular complexity index is 3450. The molecule has 63 heavy (non-hydrogen) atoms. The normalized spacial score (nSPS) is 14.0. The number of nitrogens with zero attached hydrogens (tertiary/aromatic N) is 8. The van der Waals surface area contributed by atoms with E-state index in [4.69, 9.17) is 19.0 Å². The summed E-state index contributed by atoms with van der Waals surface area (Å²) in [4.78, 5) is 14.8. The number of hydrogen-bond donors (Lipinski definition) is 0. The van der Waals surface area contributed by atoms with Crippen LogP contribution in [0.1, 0.15) is 83.2 Å². The van der Waals surface area contributed by atoms with Crippen LogP contribution in [0.4, 0.5) is 0 Å². The molecular weight excluding hydrogens is 785 g/mol. The summed E-state index contributed by atoms with van der Waals surface area (Å²) in [6.45, 7) is 12.2. The van der Waals surface area contributed by atoms with Crippen LogP contribution < -0.4 is 4.73 Å². The van der Waals surface area contributed by atoms with Crippen molar-refractivity contribution in [3.8, 4) is 44.5 Å². The molecular formula is C52H48N8O3. The van der Waals surface area contributed by atoms with Crippen LogP contribution >= 0.6 is 0 Å². The van der Waals surface area contributed by atoms with Crippen molar-refractivity contribution in [2.24, 2.45) is 14.1 Å². The Morgan fingerprint density at radius 1 is 0.587 bits per heavy atom. The maximum atomic E-state index is 12.5. The summed E-state index contributed by atoms with van der Waals surface area (Å²) in [5.74, 6) is 5.04. The van der Waals surface area contributed by atoms with Crippen LogP contribution in [0, 0.1) is 46.7 Å². The number of pyridine rings is 2. The third-order valence-electron chi connectivity index (χ3n) is 13.2. The molecule has 2 saturated carbocycles. The Kier molecular flexibility index (Phi) is 8.90. The highest BCUT2D eigenvalue weighted by Crippen LogP contribution is 2.46. The topological polar surface area (TPSA) is 128 Å². The number of fused-ring (bicyclic) bond motifs is 4. The number of hydrogen-bond acceptors (Lipinski definition) is 8. The smallest absolute Gasteiger partial charge is 0.224 e. The summed E-state index contributed by atoms with van der Waals surface area (Å²) >= 11 is 0. The zero-order valence-corrected chi connectivity index (χ0v) is 36.9. The van der Waals surface area contributed by atoms with Gasteiger partial charge in [0.1, 0.15) is 23.2 Å². The lowest BCUT2D eigenvalue weighted by Gasteiger charge is -2.14. The molecule has 0 atom stereocenters. The maximum absolute atomic E-state index is 12.5. The second-order valence-corrected chi connectivity index (χ2v) is 17.6. The Labute approximate surface area is 364 Å². The standard InChI is InChI=1S/C26H24N4O2.C26H24N4O/c1-14-7-10-22-19(6-5-11-30(22)31)23(14)20-12-18(24-15(2)28-32-16(24)3)13-21-25(20)29(4)26(27-21)17-8-9-17;1-14-7-10-21-19(6-5-11-27-21)23(14)20-12-18(24-15(2)29-31-16(24)3)13-22-25(20)30(4)26(28-22)17-8-9-17/h5-7,10-13,17H,8-9H2,1-4H3;5-7,10-13,17H,8-9H2,1-4H3. The SMILES string of the molecule is Cc1ccc2c(ccc[n+]2[O-])c1-c1cc(-c2c(C)noc2C)cc2nc(C3CC3)n(C)c12.Cc1ccc2ncccc2c1-c1cc(-c2c(C)noc2C)cc2nc(C3CC3)n(C)c12. The van der Waals surface area contributed by atoms with Crippen LogP contribution in [0.25, 0.3) is 88.4 Å². The first-order valence-corrected chi connectivity index (χ1v) is 21.8. The van der Waals surface area contributed by atoms with Gasteiger partial charge < -0.3 is 23.4 Å². The molecule has 0 bridgehead atoms. The van der Waals surface area contributed by atoms with E-state index in [1.807, 2.05) is 64.2 Å². The molecule has 0 spiro atoms. The molecule has 0 radical (unpaired) electrons. The van der Waals surface area contributed by atoms with Gasteiger partial charge in [-0.25, -0.2) is 9.97 Å². The number of rotatable bonds is 6. The quantitative estimate of drug-likeness (QED) is 0.120. The van der Waals surface area contributed by atoms with E-state index in [2.05, 4.69) is 94.8 Å². The lowest BCUT2D eigenvalue weighted by molar-refractivity contribution is -0.577. The predicted molar refractivity (Wildman–Crippen MR) is 247 cm³/mol. The molecule has 0 unspecified atom stereocenters. The van der Waals surface area contributed by atoms with Crippen LogP contribution in [0.3, 0.4) is 0 Å². The van der Waals surface area contributed by atoms with Gasteiger partial charge in [-0.2, -0.15) is 4.73 Å². The first kappa shape index (κ1) is 38.8. The van der Waals surface area contributed by atoms with Crippen molar-refractivity contribution in [3.63, 3.8) is 0 Å². The first-order chi connectivity index (χ1) is 30.5. The van der Waals surface area contributed by atoms with E-state index >= 15 is 0 Å². The molecule has 10 aromatic rings. The van der Waals surface area contributed by atoms with Crippen molar-refractivity contribution >= 4 is 43.9 Å². The van der Waals surface area contributed by atoms with Crippen LogP contribution in [-0.4, -0.2) is 34.4 Å². The fourth-order valence-corrected chi connectivity index (χ4v) is 9.97. The molecule has 6 heterocycles. The highest BCUT2D eigenvalue weighted by Gasteiger charge is 2.32. The molecule has 2 aliphatic carbocycles. The lowest BCUT2D eigenvalue weighted by Crippen LogP contribution is -2.25. The highest BCUT2D eigenvalue weighted by molar-refractivity contribution is 6.07. The van der Waals surface area contributed by atoms with Gasteiger partial charge in [0.25, 0.3) is 0 Å². The van der Waals surface area contributed by atoms with E-state index in [-0.39, 0.29) is 0 Å². The molecule has 0 aliphatic heterocycles. The molecule has 12 rings (SSSR count). The number of aromatic nitrogens is 8.